The molecule has 0 saturated carbocycles. The summed E-state index contributed by atoms with van der Waals surface area (Å²) in [5.74, 6) is 0.731. The van der Waals surface area contributed by atoms with Crippen LogP contribution in [0, 0.1) is 11.8 Å². The van der Waals surface area contributed by atoms with E-state index in [2.05, 4.69) is 34.6 Å². The minimum Gasteiger partial charge on any atom is -0.462 e. The number of hydrogen-bond acceptors (Lipinski definition) is 6. The van der Waals surface area contributed by atoms with Gasteiger partial charge in [-0.25, -0.2) is 0 Å². The van der Waals surface area contributed by atoms with Gasteiger partial charge < -0.3 is 14.2 Å². The highest BCUT2D eigenvalue weighted by atomic mass is 16.6. The van der Waals surface area contributed by atoms with Crippen LogP contribution < -0.4 is 0 Å². The van der Waals surface area contributed by atoms with Crippen LogP contribution in [-0.2, 0) is 28.6 Å². The van der Waals surface area contributed by atoms with Crippen molar-refractivity contribution in [2.24, 2.45) is 11.8 Å². The zero-order chi connectivity index (χ0) is 39.0. The van der Waals surface area contributed by atoms with Crippen LogP contribution in [0.2, 0.25) is 0 Å². The molecule has 0 aromatic heterocycles. The molecule has 1 atom stereocenters. The van der Waals surface area contributed by atoms with Crippen molar-refractivity contribution < 1.29 is 28.6 Å². The molecule has 314 valence electrons. The molecule has 0 bridgehead atoms. The first-order chi connectivity index (χ1) is 25.7. The van der Waals surface area contributed by atoms with Gasteiger partial charge in [-0.1, -0.05) is 214 Å². The lowest BCUT2D eigenvalue weighted by molar-refractivity contribution is -0.167. The van der Waals surface area contributed by atoms with Crippen molar-refractivity contribution in [2.75, 3.05) is 13.2 Å². The molecular weight excluding hydrogens is 661 g/mol. The SMILES string of the molecule is CCCCCCCCCCCCCCCC(=O)OC[C@H](COC(=O)CCCCCCCCCCC(C)C)OC(=O)CCCCCCCCCCC(C)C. The van der Waals surface area contributed by atoms with E-state index in [9.17, 15) is 14.4 Å². The second-order valence-corrected chi connectivity index (χ2v) is 17.0. The highest BCUT2D eigenvalue weighted by Gasteiger charge is 2.19. The normalized spacial score (nSPS) is 12.1. The Hall–Kier alpha value is -1.59. The molecule has 0 radical (unpaired) electrons. The minimum atomic E-state index is -0.761. The Kier molecular flexibility index (Phi) is 38.9. The summed E-state index contributed by atoms with van der Waals surface area (Å²) in [6.45, 7) is 11.3. The van der Waals surface area contributed by atoms with Crippen molar-refractivity contribution in [3.05, 3.63) is 0 Å². The van der Waals surface area contributed by atoms with E-state index in [1.165, 1.54) is 141 Å². The second-order valence-electron chi connectivity index (χ2n) is 17.0. The highest BCUT2D eigenvalue weighted by Crippen LogP contribution is 2.16. The third kappa shape index (κ3) is 41.4. The predicted octanol–water partition coefficient (Wildman–Crippen LogP) is 14.6. The van der Waals surface area contributed by atoms with Crippen LogP contribution in [-0.4, -0.2) is 37.2 Å². The molecule has 0 aromatic carbocycles. The van der Waals surface area contributed by atoms with Crippen molar-refractivity contribution >= 4 is 17.9 Å². The number of ether oxygens (including phenoxy) is 3. The number of rotatable bonds is 41. The van der Waals surface area contributed by atoms with E-state index in [0.29, 0.717) is 19.3 Å². The standard InChI is InChI=1S/C47H90O6/c1-6-7-8-9-10-11-12-13-14-15-22-27-32-37-45(48)51-40-44(53-47(50)39-34-29-24-19-17-21-26-31-36-43(4)5)41-52-46(49)38-33-28-23-18-16-20-25-30-35-42(2)3/h42-44H,6-41H2,1-5H3/t44-/m1/s1. The van der Waals surface area contributed by atoms with Crippen LogP contribution in [0.15, 0.2) is 0 Å². The Morgan fingerprint density at radius 1 is 0.358 bits per heavy atom. The number of carbonyl (C=O) groups excluding carboxylic acids is 3. The Labute approximate surface area is 329 Å². The lowest BCUT2D eigenvalue weighted by Gasteiger charge is -2.18. The Bertz CT molecular complexity index is 809. The molecule has 0 rings (SSSR count). The van der Waals surface area contributed by atoms with Gasteiger partial charge in [0.15, 0.2) is 6.10 Å². The maximum absolute atomic E-state index is 12.7. The summed E-state index contributed by atoms with van der Waals surface area (Å²) in [5, 5.41) is 0. The second kappa shape index (κ2) is 40.1. The summed E-state index contributed by atoms with van der Waals surface area (Å²) >= 11 is 0. The lowest BCUT2D eigenvalue weighted by atomic mass is 10.0. The first-order valence-corrected chi connectivity index (χ1v) is 23.2. The van der Waals surface area contributed by atoms with Crippen LogP contribution in [0.1, 0.15) is 253 Å². The third-order valence-electron chi connectivity index (χ3n) is 10.5. The molecule has 0 aliphatic heterocycles. The van der Waals surface area contributed by atoms with Gasteiger partial charge in [-0.2, -0.15) is 0 Å². The molecule has 0 aromatic rings. The third-order valence-corrected chi connectivity index (χ3v) is 10.5. The molecule has 0 heterocycles. The number of hydrogen-bond donors (Lipinski definition) is 0. The van der Waals surface area contributed by atoms with Gasteiger partial charge in [0.1, 0.15) is 13.2 Å². The molecule has 0 N–H and O–H groups in total. The van der Waals surface area contributed by atoms with Gasteiger partial charge in [0.2, 0.25) is 0 Å². The van der Waals surface area contributed by atoms with Crippen molar-refractivity contribution in [1.82, 2.24) is 0 Å². The number of carbonyl (C=O) groups is 3. The molecule has 0 aliphatic carbocycles. The summed E-state index contributed by atoms with van der Waals surface area (Å²) in [6, 6.07) is 0. The smallest absolute Gasteiger partial charge is 0.306 e. The van der Waals surface area contributed by atoms with Gasteiger partial charge in [-0.15, -0.1) is 0 Å². The van der Waals surface area contributed by atoms with E-state index < -0.39 is 6.10 Å². The molecule has 0 spiro atoms. The topological polar surface area (TPSA) is 78.9 Å². The van der Waals surface area contributed by atoms with Crippen molar-refractivity contribution in [2.45, 2.75) is 259 Å². The summed E-state index contributed by atoms with van der Waals surface area (Å²) in [7, 11) is 0. The van der Waals surface area contributed by atoms with Crippen LogP contribution in [0.5, 0.6) is 0 Å². The quantitative estimate of drug-likeness (QED) is 0.0352. The van der Waals surface area contributed by atoms with Crippen LogP contribution >= 0.6 is 0 Å². The largest absolute Gasteiger partial charge is 0.462 e. The minimum absolute atomic E-state index is 0.0652. The summed E-state index contributed by atoms with van der Waals surface area (Å²) in [6.07, 6.45) is 38.1. The maximum atomic E-state index is 12.7. The zero-order valence-corrected chi connectivity index (χ0v) is 36.1. The van der Waals surface area contributed by atoms with Gasteiger partial charge in [0.25, 0.3) is 0 Å². The molecule has 0 unspecified atom stereocenters. The molecule has 6 heteroatoms. The highest BCUT2D eigenvalue weighted by molar-refractivity contribution is 5.71. The van der Waals surface area contributed by atoms with Crippen molar-refractivity contribution in [1.29, 1.82) is 0 Å². The van der Waals surface area contributed by atoms with Gasteiger partial charge in [-0.3, -0.25) is 14.4 Å². The number of esters is 3. The average molecular weight is 751 g/mol. The average Bonchev–Trinajstić information content (AvgIpc) is 3.12. The Morgan fingerprint density at radius 3 is 0.925 bits per heavy atom. The van der Waals surface area contributed by atoms with Gasteiger partial charge in [0, 0.05) is 19.3 Å². The van der Waals surface area contributed by atoms with E-state index in [-0.39, 0.29) is 31.1 Å². The summed E-state index contributed by atoms with van der Waals surface area (Å²) in [4.78, 5) is 37.7. The van der Waals surface area contributed by atoms with Gasteiger partial charge in [-0.05, 0) is 31.1 Å². The molecule has 0 amide bonds. The van der Waals surface area contributed by atoms with Crippen LogP contribution in [0.4, 0.5) is 0 Å². The maximum Gasteiger partial charge on any atom is 0.306 e. The molecule has 0 saturated heterocycles. The fourth-order valence-corrected chi connectivity index (χ4v) is 6.93. The Morgan fingerprint density at radius 2 is 0.623 bits per heavy atom. The van der Waals surface area contributed by atoms with E-state index in [4.69, 9.17) is 14.2 Å². The molecular formula is C47H90O6. The summed E-state index contributed by atoms with van der Waals surface area (Å²) in [5.41, 5.74) is 0. The predicted molar refractivity (Wildman–Crippen MR) is 224 cm³/mol. The summed E-state index contributed by atoms with van der Waals surface area (Å²) < 4.78 is 16.7. The van der Waals surface area contributed by atoms with Crippen LogP contribution in [0.25, 0.3) is 0 Å². The zero-order valence-electron chi connectivity index (χ0n) is 36.1. The first-order valence-electron chi connectivity index (χ1n) is 23.2. The lowest BCUT2D eigenvalue weighted by Crippen LogP contribution is -2.30. The fourth-order valence-electron chi connectivity index (χ4n) is 6.93. The van der Waals surface area contributed by atoms with Gasteiger partial charge >= 0.3 is 17.9 Å². The monoisotopic (exact) mass is 751 g/mol. The van der Waals surface area contributed by atoms with Crippen molar-refractivity contribution in [3.63, 3.8) is 0 Å². The Balaban J connectivity index is 4.33. The van der Waals surface area contributed by atoms with E-state index in [0.717, 1.165) is 69.6 Å². The fraction of sp³-hybridized carbons (Fsp3) is 0.936. The molecule has 0 fully saturated rings. The van der Waals surface area contributed by atoms with E-state index >= 15 is 0 Å². The van der Waals surface area contributed by atoms with Gasteiger partial charge in [0.05, 0.1) is 0 Å². The first kappa shape index (κ1) is 51.4. The molecule has 6 nitrogen and oxygen atoms in total. The van der Waals surface area contributed by atoms with E-state index in [1.54, 1.807) is 0 Å². The molecule has 0 aliphatic rings. The van der Waals surface area contributed by atoms with Crippen molar-refractivity contribution in [3.8, 4) is 0 Å². The molecule has 53 heavy (non-hydrogen) atoms. The van der Waals surface area contributed by atoms with Crippen LogP contribution in [0.3, 0.4) is 0 Å². The van der Waals surface area contributed by atoms with E-state index in [1.807, 2.05) is 0 Å². The number of unbranched alkanes of at least 4 members (excludes halogenated alkanes) is 26.